The summed E-state index contributed by atoms with van der Waals surface area (Å²) >= 11 is -3.13. The second kappa shape index (κ2) is 11.9. The first-order chi connectivity index (χ1) is 9.93. The van der Waals surface area contributed by atoms with Gasteiger partial charge in [-0.1, -0.05) is 0 Å². The van der Waals surface area contributed by atoms with Crippen molar-refractivity contribution in [1.29, 1.82) is 0 Å². The Morgan fingerprint density at radius 1 is 0.810 bits per heavy atom. The van der Waals surface area contributed by atoms with E-state index in [2.05, 4.69) is 20.8 Å². The molecule has 0 saturated carbocycles. The first kappa shape index (κ1) is 21.4. The van der Waals surface area contributed by atoms with Crippen LogP contribution in [0.1, 0.15) is 79.6 Å². The van der Waals surface area contributed by atoms with Crippen LogP contribution in [-0.4, -0.2) is 18.4 Å². The van der Waals surface area contributed by atoms with E-state index in [-0.39, 0.29) is 16.2 Å². The van der Waals surface area contributed by atoms with Crippen LogP contribution in [0.15, 0.2) is 9.67 Å². The van der Waals surface area contributed by atoms with Crippen molar-refractivity contribution in [2.45, 2.75) is 92.9 Å². The topological polar surface area (TPSA) is 0 Å². The molecule has 3 heteroatoms. The zero-order chi connectivity index (χ0) is 16.3. The molecule has 0 rings (SSSR count). The predicted octanol–water partition coefficient (Wildman–Crippen LogP) is 7.57. The molecule has 0 fully saturated rings. The Hall–Kier alpha value is 0.399. The average Bonchev–Trinajstić information content (AvgIpc) is 2.45. The number of unbranched alkanes of at least 4 members (excludes halogenated alkanes) is 3. The van der Waals surface area contributed by atoms with E-state index >= 15 is 4.39 Å². The molecule has 0 unspecified atom stereocenters. The van der Waals surface area contributed by atoms with Crippen molar-refractivity contribution in [2.24, 2.45) is 5.92 Å². The summed E-state index contributed by atoms with van der Waals surface area (Å²) in [6.45, 7) is 10.4. The predicted molar refractivity (Wildman–Crippen MR) is 93.6 cm³/mol. The van der Waals surface area contributed by atoms with E-state index < -0.39 is 24.2 Å². The van der Waals surface area contributed by atoms with Gasteiger partial charge in [0.2, 0.25) is 0 Å². The summed E-state index contributed by atoms with van der Waals surface area (Å²) < 4.78 is 32.2. The van der Waals surface area contributed by atoms with Gasteiger partial charge in [0.05, 0.1) is 0 Å². The van der Waals surface area contributed by atoms with Crippen LogP contribution in [-0.2, 0) is 0 Å². The molecular formula is C18H36F2Sn. The fraction of sp³-hybridized carbons (Fsp3) is 0.889. The zero-order valence-corrected chi connectivity index (χ0v) is 17.8. The average molecular weight is 409 g/mol. The molecule has 0 N–H and O–H groups in total. The minimum atomic E-state index is -3.13. The van der Waals surface area contributed by atoms with E-state index in [0.717, 1.165) is 51.8 Å². The van der Waals surface area contributed by atoms with Crippen LogP contribution in [0.25, 0.3) is 0 Å². The van der Waals surface area contributed by atoms with Crippen molar-refractivity contribution in [3.8, 4) is 0 Å². The van der Waals surface area contributed by atoms with E-state index in [1.165, 1.54) is 0 Å². The third-order valence-electron chi connectivity index (χ3n) is 4.32. The van der Waals surface area contributed by atoms with Gasteiger partial charge in [-0.2, -0.15) is 0 Å². The molecule has 0 nitrogen and oxygen atoms in total. The Kier molecular flexibility index (Phi) is 12.1. The SMILES string of the molecule is CCC[CH2][Sn]([CH2]CCC)([CH2]CCC)/[C](F)=C(\F)CC(C)C. The molecule has 0 radical (unpaired) electrons. The van der Waals surface area contributed by atoms with Crippen LogP contribution >= 0.6 is 0 Å². The van der Waals surface area contributed by atoms with E-state index in [4.69, 9.17) is 0 Å². The summed E-state index contributed by atoms with van der Waals surface area (Å²) in [6.07, 6.45) is 6.79. The number of allylic oxidation sites excluding steroid dienone is 1. The fourth-order valence-corrected chi connectivity index (χ4v) is 17.8. The number of hydrogen-bond acceptors (Lipinski definition) is 0. The van der Waals surface area contributed by atoms with Gasteiger partial charge in [0.25, 0.3) is 0 Å². The third-order valence-corrected chi connectivity index (χ3v) is 19.0. The van der Waals surface area contributed by atoms with E-state index in [1.807, 2.05) is 13.8 Å². The second-order valence-corrected chi connectivity index (χ2v) is 19.8. The van der Waals surface area contributed by atoms with Gasteiger partial charge < -0.3 is 0 Å². The molecule has 0 saturated heterocycles. The third kappa shape index (κ3) is 7.99. The quantitative estimate of drug-likeness (QED) is 0.292. The van der Waals surface area contributed by atoms with Gasteiger partial charge in [-0.05, 0) is 0 Å². The molecule has 21 heavy (non-hydrogen) atoms. The van der Waals surface area contributed by atoms with E-state index in [1.54, 1.807) is 0 Å². The Morgan fingerprint density at radius 2 is 1.19 bits per heavy atom. The molecule has 0 aliphatic heterocycles. The Balaban J connectivity index is 5.35. The maximum atomic E-state index is 15.0. The van der Waals surface area contributed by atoms with Gasteiger partial charge in [-0.25, -0.2) is 0 Å². The van der Waals surface area contributed by atoms with Crippen LogP contribution in [0.4, 0.5) is 8.78 Å². The molecular weight excluding hydrogens is 373 g/mol. The zero-order valence-electron chi connectivity index (χ0n) is 14.9. The second-order valence-electron chi connectivity index (χ2n) is 6.91. The van der Waals surface area contributed by atoms with Crippen LogP contribution in [0, 0.1) is 5.92 Å². The van der Waals surface area contributed by atoms with Gasteiger partial charge in [0, 0.05) is 0 Å². The van der Waals surface area contributed by atoms with Gasteiger partial charge in [0.15, 0.2) is 0 Å². The molecule has 0 heterocycles. The molecule has 126 valence electrons. The fourth-order valence-electron chi connectivity index (χ4n) is 2.99. The molecule has 0 aromatic heterocycles. The van der Waals surface area contributed by atoms with Crippen molar-refractivity contribution >= 4 is 18.4 Å². The molecule has 0 aromatic rings. The van der Waals surface area contributed by atoms with Crippen LogP contribution in [0.5, 0.6) is 0 Å². The van der Waals surface area contributed by atoms with Gasteiger partial charge in [0.1, 0.15) is 0 Å². The first-order valence-corrected chi connectivity index (χ1v) is 16.5. The van der Waals surface area contributed by atoms with Crippen molar-refractivity contribution in [3.63, 3.8) is 0 Å². The van der Waals surface area contributed by atoms with Crippen molar-refractivity contribution in [3.05, 3.63) is 9.67 Å². The summed E-state index contributed by atoms with van der Waals surface area (Å²) in [6, 6.07) is 0. The van der Waals surface area contributed by atoms with Gasteiger partial charge >= 0.3 is 136 Å². The summed E-state index contributed by atoms with van der Waals surface area (Å²) in [7, 11) is 0. The first-order valence-electron chi connectivity index (χ1n) is 8.98. The van der Waals surface area contributed by atoms with E-state index in [9.17, 15) is 4.39 Å². The van der Waals surface area contributed by atoms with Crippen molar-refractivity contribution in [1.82, 2.24) is 0 Å². The van der Waals surface area contributed by atoms with Gasteiger partial charge in [-0.3, -0.25) is 0 Å². The summed E-state index contributed by atoms with van der Waals surface area (Å²) in [5, 5.41) is 0. The van der Waals surface area contributed by atoms with Crippen molar-refractivity contribution in [2.75, 3.05) is 0 Å². The maximum absolute atomic E-state index is 15.0. The monoisotopic (exact) mass is 410 g/mol. The van der Waals surface area contributed by atoms with Crippen molar-refractivity contribution < 1.29 is 8.78 Å². The minimum absolute atomic E-state index is 0.197. The molecule has 0 bridgehead atoms. The Bertz CT molecular complexity index is 276. The van der Waals surface area contributed by atoms with Gasteiger partial charge in [-0.15, -0.1) is 0 Å². The standard InChI is InChI=1S/C6H9F2.3C4H9.Sn/c1-5(2)3-6(8)4-7;3*1-3-4-2;/h5H,3H2,1-2H3;3*1,3-4H2,2H3;. The molecule has 0 spiro atoms. The van der Waals surface area contributed by atoms with Crippen LogP contribution in [0.2, 0.25) is 13.3 Å². The van der Waals surface area contributed by atoms with E-state index in [0.29, 0.717) is 0 Å². The number of hydrogen-bond donors (Lipinski definition) is 0. The molecule has 0 aliphatic carbocycles. The van der Waals surface area contributed by atoms with Crippen LogP contribution in [0.3, 0.4) is 0 Å². The number of rotatable bonds is 12. The molecule has 0 aliphatic rings. The Morgan fingerprint density at radius 3 is 1.48 bits per heavy atom. The molecule has 0 aromatic carbocycles. The summed E-state index contributed by atoms with van der Waals surface area (Å²) in [5.41, 5.74) is 0. The normalized spacial score (nSPS) is 13.7. The van der Waals surface area contributed by atoms with Crippen LogP contribution < -0.4 is 0 Å². The number of halogens is 2. The molecule has 0 amide bonds. The summed E-state index contributed by atoms with van der Waals surface area (Å²) in [4.78, 5) is 0. The summed E-state index contributed by atoms with van der Waals surface area (Å²) in [5.74, 6) is -0.202. The molecule has 0 atom stereocenters. The Labute approximate surface area is 135 Å².